The van der Waals surface area contributed by atoms with E-state index in [1.54, 1.807) is 6.20 Å². The maximum atomic E-state index is 13.7. The predicted octanol–water partition coefficient (Wildman–Crippen LogP) is 3.31. The molecule has 1 N–H and O–H groups in total. The normalized spacial score (nSPS) is 14.6. The summed E-state index contributed by atoms with van der Waals surface area (Å²) in [6.45, 7) is 6.57. The number of rotatable bonds is 5. The second-order valence-corrected chi connectivity index (χ2v) is 6.38. The van der Waals surface area contributed by atoms with Crippen LogP contribution in [0.15, 0.2) is 47.6 Å². The first-order valence-corrected chi connectivity index (χ1v) is 9.30. The molecule has 5 nitrogen and oxygen atoms in total. The van der Waals surface area contributed by atoms with Crippen LogP contribution >= 0.6 is 24.0 Å². The quantitative estimate of drug-likeness (QED) is 0.388. The Labute approximate surface area is 181 Å². The molecule has 2 heterocycles. The van der Waals surface area contributed by atoms with E-state index in [-0.39, 0.29) is 29.8 Å². The smallest absolute Gasteiger partial charge is 0.194 e. The van der Waals surface area contributed by atoms with Gasteiger partial charge in [-0.1, -0.05) is 6.07 Å². The third-order valence-corrected chi connectivity index (χ3v) is 4.54. The van der Waals surface area contributed by atoms with E-state index < -0.39 is 5.82 Å². The number of nitrogens with zero attached hydrogens (tertiary/aromatic N) is 4. The molecule has 2 aromatic rings. The van der Waals surface area contributed by atoms with Gasteiger partial charge >= 0.3 is 0 Å². The van der Waals surface area contributed by atoms with E-state index >= 15 is 0 Å². The Balaban J connectivity index is 0.00000280. The lowest BCUT2D eigenvalue weighted by Gasteiger charge is -2.37. The highest BCUT2D eigenvalue weighted by atomic mass is 127. The number of anilines is 1. The highest BCUT2D eigenvalue weighted by molar-refractivity contribution is 14.0. The molecule has 1 saturated heterocycles. The standard InChI is InChI=1S/C20H25F2N5.HI/c1-2-23-20(25-10-8-16-15-17(21)6-7-18(16)22)27-13-11-26(12-14-27)19-5-3-4-9-24-19;/h3-7,9,15H,2,8,10-14H2,1H3,(H,23,25);1H. The fourth-order valence-corrected chi connectivity index (χ4v) is 3.13. The van der Waals surface area contributed by atoms with Crippen LogP contribution in [0.2, 0.25) is 0 Å². The van der Waals surface area contributed by atoms with Crippen LogP contribution in [0.1, 0.15) is 12.5 Å². The zero-order chi connectivity index (χ0) is 19.1. The molecule has 0 radical (unpaired) electrons. The fraction of sp³-hybridized carbons (Fsp3) is 0.400. The number of halogens is 3. The summed E-state index contributed by atoms with van der Waals surface area (Å²) in [5.41, 5.74) is 0.356. The van der Waals surface area contributed by atoms with Crippen LogP contribution in [-0.2, 0) is 6.42 Å². The van der Waals surface area contributed by atoms with E-state index in [0.717, 1.165) is 56.6 Å². The Morgan fingerprint density at radius 3 is 2.61 bits per heavy atom. The van der Waals surface area contributed by atoms with Gasteiger partial charge < -0.3 is 15.1 Å². The highest BCUT2D eigenvalue weighted by Gasteiger charge is 2.20. The third-order valence-electron chi connectivity index (χ3n) is 4.54. The molecule has 3 rings (SSSR count). The van der Waals surface area contributed by atoms with Crippen LogP contribution in [0, 0.1) is 11.6 Å². The van der Waals surface area contributed by atoms with E-state index in [1.807, 2.05) is 25.1 Å². The monoisotopic (exact) mass is 501 g/mol. The number of guanidine groups is 1. The predicted molar refractivity (Wildman–Crippen MR) is 119 cm³/mol. The number of aliphatic imine (C=N–C) groups is 1. The number of benzene rings is 1. The fourth-order valence-electron chi connectivity index (χ4n) is 3.13. The minimum atomic E-state index is -0.423. The van der Waals surface area contributed by atoms with E-state index in [9.17, 15) is 8.78 Å². The van der Waals surface area contributed by atoms with Gasteiger partial charge in [0.2, 0.25) is 0 Å². The topological polar surface area (TPSA) is 43.8 Å². The Bertz CT molecular complexity index is 764. The van der Waals surface area contributed by atoms with Crippen molar-refractivity contribution >= 4 is 35.8 Å². The molecule has 28 heavy (non-hydrogen) atoms. The Morgan fingerprint density at radius 2 is 1.93 bits per heavy atom. The summed E-state index contributed by atoms with van der Waals surface area (Å²) in [5, 5.41) is 3.29. The first-order chi connectivity index (χ1) is 13.2. The molecule has 0 aliphatic carbocycles. The molecule has 0 unspecified atom stereocenters. The number of aromatic nitrogens is 1. The van der Waals surface area contributed by atoms with Gasteiger partial charge in [0.05, 0.1) is 0 Å². The van der Waals surface area contributed by atoms with Crippen LogP contribution < -0.4 is 10.2 Å². The van der Waals surface area contributed by atoms with Gasteiger partial charge in [0, 0.05) is 45.5 Å². The van der Waals surface area contributed by atoms with Crippen molar-refractivity contribution in [2.24, 2.45) is 4.99 Å². The summed E-state index contributed by atoms with van der Waals surface area (Å²) in [4.78, 5) is 13.5. The van der Waals surface area contributed by atoms with Gasteiger partial charge in [-0.3, -0.25) is 4.99 Å². The van der Waals surface area contributed by atoms with Crippen molar-refractivity contribution < 1.29 is 8.78 Å². The molecule has 0 amide bonds. The minimum Gasteiger partial charge on any atom is -0.357 e. The Morgan fingerprint density at radius 1 is 1.14 bits per heavy atom. The van der Waals surface area contributed by atoms with E-state index in [2.05, 4.69) is 25.1 Å². The van der Waals surface area contributed by atoms with Crippen molar-refractivity contribution in [3.8, 4) is 0 Å². The molecule has 152 valence electrons. The minimum absolute atomic E-state index is 0. The van der Waals surface area contributed by atoms with Crippen molar-refractivity contribution in [2.45, 2.75) is 13.3 Å². The van der Waals surface area contributed by atoms with Gasteiger partial charge in [-0.2, -0.15) is 0 Å². The van der Waals surface area contributed by atoms with Gasteiger partial charge in [-0.15, -0.1) is 24.0 Å². The summed E-state index contributed by atoms with van der Waals surface area (Å²) < 4.78 is 27.0. The van der Waals surface area contributed by atoms with Crippen molar-refractivity contribution in [1.29, 1.82) is 0 Å². The summed E-state index contributed by atoms with van der Waals surface area (Å²) in [6.07, 6.45) is 2.17. The van der Waals surface area contributed by atoms with Crippen molar-refractivity contribution in [2.75, 3.05) is 44.2 Å². The summed E-state index contributed by atoms with van der Waals surface area (Å²) in [7, 11) is 0. The highest BCUT2D eigenvalue weighted by Crippen LogP contribution is 2.13. The molecule has 0 atom stereocenters. The van der Waals surface area contributed by atoms with Gasteiger partial charge in [0.15, 0.2) is 5.96 Å². The van der Waals surface area contributed by atoms with Gasteiger partial charge in [0.1, 0.15) is 17.5 Å². The molecule has 1 aromatic carbocycles. The van der Waals surface area contributed by atoms with Crippen LogP contribution in [0.3, 0.4) is 0 Å². The van der Waals surface area contributed by atoms with Crippen molar-refractivity contribution in [3.05, 3.63) is 59.8 Å². The zero-order valence-corrected chi connectivity index (χ0v) is 18.3. The molecule has 8 heteroatoms. The summed E-state index contributed by atoms with van der Waals surface area (Å²) in [6, 6.07) is 9.46. The average molecular weight is 501 g/mol. The second kappa shape index (κ2) is 11.1. The van der Waals surface area contributed by atoms with E-state index in [4.69, 9.17) is 0 Å². The van der Waals surface area contributed by atoms with Crippen molar-refractivity contribution in [3.63, 3.8) is 0 Å². The average Bonchev–Trinajstić information content (AvgIpc) is 2.71. The number of piperazine rings is 1. The van der Waals surface area contributed by atoms with Gasteiger partial charge in [-0.25, -0.2) is 13.8 Å². The lowest BCUT2D eigenvalue weighted by molar-refractivity contribution is 0.371. The van der Waals surface area contributed by atoms with Gasteiger partial charge in [-0.05, 0) is 49.2 Å². The molecule has 0 spiro atoms. The van der Waals surface area contributed by atoms with Gasteiger partial charge in [0.25, 0.3) is 0 Å². The first kappa shape index (κ1) is 22.3. The van der Waals surface area contributed by atoms with Crippen LogP contribution in [0.25, 0.3) is 0 Å². The lowest BCUT2D eigenvalue weighted by Crippen LogP contribution is -2.52. The molecule has 1 fully saturated rings. The van der Waals surface area contributed by atoms with Crippen LogP contribution in [0.5, 0.6) is 0 Å². The largest absolute Gasteiger partial charge is 0.357 e. The van der Waals surface area contributed by atoms with Crippen LogP contribution in [0.4, 0.5) is 14.6 Å². The Kier molecular flexibility index (Phi) is 8.88. The molecule has 1 aliphatic rings. The molecular formula is C20H26F2IN5. The van der Waals surface area contributed by atoms with Crippen LogP contribution in [-0.4, -0.2) is 55.1 Å². The molecular weight excluding hydrogens is 475 g/mol. The lowest BCUT2D eigenvalue weighted by atomic mass is 10.1. The second-order valence-electron chi connectivity index (χ2n) is 6.38. The maximum Gasteiger partial charge on any atom is 0.194 e. The van der Waals surface area contributed by atoms with Crippen molar-refractivity contribution in [1.82, 2.24) is 15.2 Å². The first-order valence-electron chi connectivity index (χ1n) is 9.30. The number of pyridine rings is 1. The van der Waals surface area contributed by atoms with E-state index in [1.165, 1.54) is 6.07 Å². The molecule has 0 saturated carbocycles. The number of hydrogen-bond donors (Lipinski definition) is 1. The summed E-state index contributed by atoms with van der Waals surface area (Å²) >= 11 is 0. The molecule has 1 aromatic heterocycles. The maximum absolute atomic E-state index is 13.7. The van der Waals surface area contributed by atoms with E-state index in [0.29, 0.717) is 18.5 Å². The number of nitrogens with one attached hydrogen (secondary N) is 1. The molecule has 0 bridgehead atoms. The zero-order valence-electron chi connectivity index (χ0n) is 15.9. The summed E-state index contributed by atoms with van der Waals surface area (Å²) in [5.74, 6) is 0.990. The number of hydrogen-bond acceptors (Lipinski definition) is 3. The third kappa shape index (κ3) is 6.02. The Hall–Kier alpha value is -1.97. The molecule has 1 aliphatic heterocycles. The SMILES string of the molecule is CCNC(=NCCc1cc(F)ccc1F)N1CCN(c2ccccn2)CC1.I.